The van der Waals surface area contributed by atoms with Gasteiger partial charge in [-0.15, -0.1) is 0 Å². The first kappa shape index (κ1) is 23.0. The van der Waals surface area contributed by atoms with E-state index in [9.17, 15) is 4.79 Å². The molecule has 1 N–H and O–H groups in total. The largest absolute Gasteiger partial charge is 0.379 e. The highest BCUT2D eigenvalue weighted by Gasteiger charge is 2.21. The van der Waals surface area contributed by atoms with Crippen LogP contribution in [0.1, 0.15) is 37.1 Å². The molecule has 174 valence electrons. The van der Waals surface area contributed by atoms with E-state index in [4.69, 9.17) is 4.74 Å². The standard InChI is InChI=1S/C25H37N5O2/c1-20-25(21(2)30(27-20)23-6-4-3-5-7-23)26-24(31)11-15-28-12-8-22(9-13-28)10-14-29-16-18-32-19-17-29/h3-7,22H,8-19H2,1-2H3,(H,26,31). The summed E-state index contributed by atoms with van der Waals surface area (Å²) in [5, 5.41) is 7.73. The summed E-state index contributed by atoms with van der Waals surface area (Å²) < 4.78 is 7.33. The van der Waals surface area contributed by atoms with E-state index in [-0.39, 0.29) is 5.91 Å². The number of amides is 1. The van der Waals surface area contributed by atoms with Crippen molar-refractivity contribution in [1.29, 1.82) is 0 Å². The molecule has 0 unspecified atom stereocenters. The minimum atomic E-state index is 0.0678. The van der Waals surface area contributed by atoms with E-state index in [1.807, 2.05) is 48.9 Å². The summed E-state index contributed by atoms with van der Waals surface area (Å²) in [7, 11) is 0. The fraction of sp³-hybridized carbons (Fsp3) is 0.600. The van der Waals surface area contributed by atoms with Crippen molar-refractivity contribution in [2.24, 2.45) is 5.92 Å². The second-order valence-corrected chi connectivity index (χ2v) is 9.12. The topological polar surface area (TPSA) is 62.6 Å². The summed E-state index contributed by atoms with van der Waals surface area (Å²) in [6, 6.07) is 10.0. The van der Waals surface area contributed by atoms with E-state index in [0.717, 1.165) is 74.6 Å². The van der Waals surface area contributed by atoms with Crippen molar-refractivity contribution in [3.63, 3.8) is 0 Å². The van der Waals surface area contributed by atoms with Crippen LogP contribution in [0.2, 0.25) is 0 Å². The van der Waals surface area contributed by atoms with Gasteiger partial charge in [-0.2, -0.15) is 5.10 Å². The highest BCUT2D eigenvalue weighted by atomic mass is 16.5. The molecule has 7 heteroatoms. The lowest BCUT2D eigenvalue weighted by atomic mass is 9.93. The molecule has 0 spiro atoms. The molecular weight excluding hydrogens is 402 g/mol. The van der Waals surface area contributed by atoms with E-state index in [2.05, 4.69) is 20.2 Å². The minimum absolute atomic E-state index is 0.0678. The van der Waals surface area contributed by atoms with Gasteiger partial charge < -0.3 is 15.0 Å². The number of nitrogens with zero attached hydrogens (tertiary/aromatic N) is 4. The Bertz CT molecular complexity index is 868. The van der Waals surface area contributed by atoms with Crippen LogP contribution in [0.15, 0.2) is 30.3 Å². The lowest BCUT2D eigenvalue weighted by Crippen LogP contribution is -2.39. The maximum absolute atomic E-state index is 12.7. The van der Waals surface area contributed by atoms with Gasteiger partial charge in [-0.25, -0.2) is 4.68 Å². The van der Waals surface area contributed by atoms with Gasteiger partial charge in [0.25, 0.3) is 0 Å². The summed E-state index contributed by atoms with van der Waals surface area (Å²) in [5.41, 5.74) is 3.65. The number of likely N-dealkylation sites (tertiary alicyclic amines) is 1. The maximum atomic E-state index is 12.7. The molecule has 7 nitrogen and oxygen atoms in total. The number of nitrogens with one attached hydrogen (secondary N) is 1. The predicted octanol–water partition coefficient (Wildman–Crippen LogP) is 3.25. The molecule has 32 heavy (non-hydrogen) atoms. The van der Waals surface area contributed by atoms with Crippen molar-refractivity contribution < 1.29 is 9.53 Å². The molecule has 2 fully saturated rings. The molecule has 1 aromatic carbocycles. The molecule has 2 saturated heterocycles. The number of hydrogen-bond acceptors (Lipinski definition) is 5. The van der Waals surface area contributed by atoms with Crippen LogP contribution in [0, 0.1) is 19.8 Å². The SMILES string of the molecule is Cc1nn(-c2ccccc2)c(C)c1NC(=O)CCN1CCC(CCN2CCOCC2)CC1. The zero-order valence-corrected chi connectivity index (χ0v) is 19.6. The zero-order valence-electron chi connectivity index (χ0n) is 19.6. The highest BCUT2D eigenvalue weighted by Crippen LogP contribution is 2.24. The molecule has 4 rings (SSSR count). The number of rotatable bonds is 8. The smallest absolute Gasteiger partial charge is 0.225 e. The number of carbonyl (C=O) groups excluding carboxylic acids is 1. The Morgan fingerprint density at radius 1 is 1.03 bits per heavy atom. The van der Waals surface area contributed by atoms with Gasteiger partial charge in [-0.1, -0.05) is 18.2 Å². The van der Waals surface area contributed by atoms with Gasteiger partial charge >= 0.3 is 0 Å². The molecule has 0 aliphatic carbocycles. The van der Waals surface area contributed by atoms with Crippen LogP contribution in [-0.4, -0.2) is 78.0 Å². The van der Waals surface area contributed by atoms with Crippen LogP contribution < -0.4 is 5.32 Å². The van der Waals surface area contributed by atoms with Gasteiger partial charge in [0.2, 0.25) is 5.91 Å². The average molecular weight is 440 g/mol. The number of anilines is 1. The lowest BCUT2D eigenvalue weighted by molar-refractivity contribution is -0.116. The monoisotopic (exact) mass is 439 g/mol. The number of benzene rings is 1. The highest BCUT2D eigenvalue weighted by molar-refractivity contribution is 5.92. The Balaban J connectivity index is 1.19. The number of piperidine rings is 1. The predicted molar refractivity (Wildman–Crippen MR) is 127 cm³/mol. The maximum Gasteiger partial charge on any atom is 0.225 e. The van der Waals surface area contributed by atoms with Gasteiger partial charge in [0.15, 0.2) is 0 Å². The quantitative estimate of drug-likeness (QED) is 0.684. The van der Waals surface area contributed by atoms with Crippen LogP contribution in [0.25, 0.3) is 5.69 Å². The van der Waals surface area contributed by atoms with Crippen LogP contribution in [0.5, 0.6) is 0 Å². The first-order valence-electron chi connectivity index (χ1n) is 12.0. The molecule has 1 aromatic heterocycles. The fourth-order valence-corrected chi connectivity index (χ4v) is 4.79. The zero-order chi connectivity index (χ0) is 22.3. The molecule has 2 aliphatic rings. The Morgan fingerprint density at radius 2 is 1.72 bits per heavy atom. The molecule has 2 aromatic rings. The minimum Gasteiger partial charge on any atom is -0.379 e. The second kappa shape index (κ2) is 11.1. The molecule has 0 bridgehead atoms. The van der Waals surface area contributed by atoms with E-state index < -0.39 is 0 Å². The van der Waals surface area contributed by atoms with Crippen molar-refractivity contribution in [2.75, 3.05) is 57.8 Å². The number of aryl methyl sites for hydroxylation is 1. The third-order valence-electron chi connectivity index (χ3n) is 6.88. The second-order valence-electron chi connectivity index (χ2n) is 9.12. The number of ether oxygens (including phenoxy) is 1. The lowest BCUT2D eigenvalue weighted by Gasteiger charge is -2.33. The molecule has 2 aliphatic heterocycles. The van der Waals surface area contributed by atoms with Gasteiger partial charge in [-0.05, 0) is 70.8 Å². The van der Waals surface area contributed by atoms with Crippen molar-refractivity contribution in [3.8, 4) is 5.69 Å². The van der Waals surface area contributed by atoms with Crippen molar-refractivity contribution in [1.82, 2.24) is 19.6 Å². The molecule has 0 radical (unpaired) electrons. The summed E-state index contributed by atoms with van der Waals surface area (Å²) in [4.78, 5) is 17.6. The normalized spacial score (nSPS) is 18.7. The van der Waals surface area contributed by atoms with Crippen molar-refractivity contribution >= 4 is 11.6 Å². The third kappa shape index (κ3) is 5.97. The van der Waals surface area contributed by atoms with Gasteiger partial charge in [0.05, 0.1) is 36.0 Å². The molecule has 0 atom stereocenters. The van der Waals surface area contributed by atoms with Gasteiger partial charge in [-0.3, -0.25) is 9.69 Å². The molecular formula is C25H37N5O2. The van der Waals surface area contributed by atoms with E-state index in [1.165, 1.54) is 25.8 Å². The summed E-state index contributed by atoms with van der Waals surface area (Å²) in [5.74, 6) is 0.885. The molecule has 1 amide bonds. The van der Waals surface area contributed by atoms with E-state index in [0.29, 0.717) is 6.42 Å². The Hall–Kier alpha value is -2.22. The number of morpholine rings is 1. The van der Waals surface area contributed by atoms with E-state index >= 15 is 0 Å². The molecule has 0 saturated carbocycles. The Kier molecular flexibility index (Phi) is 7.95. The van der Waals surface area contributed by atoms with Crippen LogP contribution in [0.3, 0.4) is 0 Å². The van der Waals surface area contributed by atoms with E-state index in [1.54, 1.807) is 0 Å². The van der Waals surface area contributed by atoms with Crippen molar-refractivity contribution in [2.45, 2.75) is 39.5 Å². The summed E-state index contributed by atoms with van der Waals surface area (Å²) in [6.45, 7) is 12.1. The van der Waals surface area contributed by atoms with Crippen LogP contribution in [-0.2, 0) is 9.53 Å². The summed E-state index contributed by atoms with van der Waals surface area (Å²) in [6.07, 6.45) is 4.30. The van der Waals surface area contributed by atoms with Gasteiger partial charge in [0, 0.05) is 26.1 Å². The van der Waals surface area contributed by atoms with Crippen LogP contribution >= 0.6 is 0 Å². The van der Waals surface area contributed by atoms with Crippen LogP contribution in [0.4, 0.5) is 5.69 Å². The Labute approximate surface area is 191 Å². The average Bonchev–Trinajstić information content (AvgIpc) is 3.11. The first-order chi connectivity index (χ1) is 15.6. The number of hydrogen-bond donors (Lipinski definition) is 1. The fourth-order valence-electron chi connectivity index (χ4n) is 4.79. The number of para-hydroxylation sites is 1. The number of aromatic nitrogens is 2. The third-order valence-corrected chi connectivity index (χ3v) is 6.88. The Morgan fingerprint density at radius 3 is 2.44 bits per heavy atom. The summed E-state index contributed by atoms with van der Waals surface area (Å²) >= 11 is 0. The molecule has 3 heterocycles. The van der Waals surface area contributed by atoms with Crippen molar-refractivity contribution in [3.05, 3.63) is 41.7 Å². The first-order valence-corrected chi connectivity index (χ1v) is 12.0. The number of carbonyl (C=O) groups is 1. The van der Waals surface area contributed by atoms with Gasteiger partial charge in [0.1, 0.15) is 0 Å².